The molecule has 3 rings (SSSR count). The molecule has 1 aromatic carbocycles. The molecule has 27 heavy (non-hydrogen) atoms. The molecule has 146 valence electrons. The normalized spacial score (nSPS) is 17.6. The summed E-state index contributed by atoms with van der Waals surface area (Å²) in [6.07, 6.45) is 1.51. The molecule has 0 saturated carbocycles. The Morgan fingerprint density at radius 2 is 2.15 bits per heavy atom. The van der Waals surface area contributed by atoms with Crippen molar-refractivity contribution >= 4 is 17.3 Å². The van der Waals surface area contributed by atoms with Gasteiger partial charge in [0.15, 0.2) is 6.10 Å². The van der Waals surface area contributed by atoms with E-state index in [0.29, 0.717) is 18.9 Å². The van der Waals surface area contributed by atoms with E-state index in [4.69, 9.17) is 18.9 Å². The van der Waals surface area contributed by atoms with E-state index in [1.807, 2.05) is 36.6 Å². The van der Waals surface area contributed by atoms with Crippen LogP contribution in [0, 0.1) is 6.92 Å². The van der Waals surface area contributed by atoms with E-state index < -0.39 is 12.1 Å². The number of rotatable bonds is 9. The summed E-state index contributed by atoms with van der Waals surface area (Å²) < 4.78 is 22.0. The van der Waals surface area contributed by atoms with E-state index in [-0.39, 0.29) is 12.7 Å². The lowest BCUT2D eigenvalue weighted by molar-refractivity contribution is -0.159. The van der Waals surface area contributed by atoms with Crippen LogP contribution in [0.2, 0.25) is 0 Å². The Hall–Kier alpha value is -1.96. The van der Waals surface area contributed by atoms with Gasteiger partial charge in [-0.1, -0.05) is 17.7 Å². The molecule has 6 nitrogen and oxygen atoms in total. The fourth-order valence-corrected chi connectivity index (χ4v) is 3.31. The molecule has 7 heteroatoms. The molecule has 1 aliphatic heterocycles. The van der Waals surface area contributed by atoms with Crippen LogP contribution in [0.3, 0.4) is 0 Å². The number of hydrogen-bond donors (Lipinski definition) is 0. The van der Waals surface area contributed by atoms with Crippen LogP contribution < -0.4 is 4.74 Å². The molecule has 2 heterocycles. The Kier molecular flexibility index (Phi) is 7.20. The minimum absolute atomic E-state index is 0.0925. The highest BCUT2D eigenvalue weighted by molar-refractivity contribution is 7.09. The molecular formula is C20H25NO5S. The number of thiazole rings is 1. The predicted molar refractivity (Wildman–Crippen MR) is 102 cm³/mol. The lowest BCUT2D eigenvalue weighted by Crippen LogP contribution is -2.27. The number of nitrogens with zero attached hydrogens (tertiary/aromatic N) is 1. The monoisotopic (exact) mass is 391 g/mol. The highest BCUT2D eigenvalue weighted by Gasteiger charge is 2.21. The number of aromatic nitrogens is 1. The van der Waals surface area contributed by atoms with Crippen molar-refractivity contribution in [3.05, 3.63) is 45.9 Å². The van der Waals surface area contributed by atoms with E-state index in [1.165, 1.54) is 16.9 Å². The van der Waals surface area contributed by atoms with Crippen LogP contribution in [0.1, 0.15) is 36.0 Å². The lowest BCUT2D eigenvalue weighted by Gasteiger charge is -2.15. The molecule has 0 amide bonds. The Labute approximate surface area is 163 Å². The number of esters is 1. The molecule has 1 aliphatic rings. The van der Waals surface area contributed by atoms with Crippen LogP contribution in [0.25, 0.3) is 0 Å². The van der Waals surface area contributed by atoms with Crippen LogP contribution in [0.15, 0.2) is 29.6 Å². The van der Waals surface area contributed by atoms with E-state index >= 15 is 0 Å². The Morgan fingerprint density at radius 1 is 1.33 bits per heavy atom. The summed E-state index contributed by atoms with van der Waals surface area (Å²) in [5.41, 5.74) is 1.90. The second-order valence-electron chi connectivity index (χ2n) is 6.55. The average molecular weight is 391 g/mol. The fraction of sp³-hybridized carbons (Fsp3) is 0.500. The highest BCUT2D eigenvalue weighted by Crippen LogP contribution is 2.17. The van der Waals surface area contributed by atoms with Gasteiger partial charge in [-0.3, -0.25) is 0 Å². The molecule has 1 aromatic heterocycles. The largest absolute Gasteiger partial charge is 0.486 e. The van der Waals surface area contributed by atoms with Crippen LogP contribution in [0.5, 0.6) is 5.75 Å². The second-order valence-corrected chi connectivity index (χ2v) is 7.50. The van der Waals surface area contributed by atoms with Gasteiger partial charge in [0.05, 0.1) is 18.4 Å². The van der Waals surface area contributed by atoms with Crippen LogP contribution >= 0.6 is 11.3 Å². The first-order valence-electron chi connectivity index (χ1n) is 9.13. The van der Waals surface area contributed by atoms with Crippen molar-refractivity contribution in [1.82, 2.24) is 4.98 Å². The molecule has 0 spiro atoms. The third-order valence-corrected chi connectivity index (χ3v) is 5.10. The summed E-state index contributed by atoms with van der Waals surface area (Å²) in [6.45, 7) is 5.45. The zero-order valence-corrected chi connectivity index (χ0v) is 16.5. The van der Waals surface area contributed by atoms with E-state index in [0.717, 1.165) is 30.2 Å². The standard InChI is InChI=1S/C20H25NO5S/c1-14-5-7-17(8-6-14)25-12-19-21-16(13-27-19)10-26-20(22)15(2)24-11-18-4-3-9-23-18/h5-8,13,15,18H,3-4,9-12H2,1-2H3. The summed E-state index contributed by atoms with van der Waals surface area (Å²) in [7, 11) is 0. The van der Waals surface area contributed by atoms with Gasteiger partial charge in [0, 0.05) is 12.0 Å². The summed E-state index contributed by atoms with van der Waals surface area (Å²) in [5.74, 6) is 0.416. The first-order chi connectivity index (χ1) is 13.1. The molecule has 0 radical (unpaired) electrons. The van der Waals surface area contributed by atoms with E-state index in [9.17, 15) is 4.79 Å². The van der Waals surface area contributed by atoms with Gasteiger partial charge < -0.3 is 18.9 Å². The van der Waals surface area contributed by atoms with Crippen molar-refractivity contribution in [3.63, 3.8) is 0 Å². The first-order valence-corrected chi connectivity index (χ1v) is 10.0. The molecule has 0 bridgehead atoms. The second kappa shape index (κ2) is 9.82. The summed E-state index contributed by atoms with van der Waals surface area (Å²) in [5, 5.41) is 2.71. The maximum atomic E-state index is 12.0. The molecule has 2 unspecified atom stereocenters. The van der Waals surface area contributed by atoms with Crippen LogP contribution in [0.4, 0.5) is 0 Å². The minimum Gasteiger partial charge on any atom is -0.486 e. The van der Waals surface area contributed by atoms with Gasteiger partial charge >= 0.3 is 5.97 Å². The molecule has 1 fully saturated rings. The van der Waals surface area contributed by atoms with Crippen molar-refractivity contribution in [2.45, 2.75) is 52.1 Å². The van der Waals surface area contributed by atoms with Crippen LogP contribution in [-0.4, -0.2) is 36.4 Å². The molecule has 2 aromatic rings. The molecular weight excluding hydrogens is 366 g/mol. The number of carbonyl (C=O) groups is 1. The maximum Gasteiger partial charge on any atom is 0.335 e. The minimum atomic E-state index is -0.614. The van der Waals surface area contributed by atoms with Crippen molar-refractivity contribution in [2.75, 3.05) is 13.2 Å². The third-order valence-electron chi connectivity index (χ3n) is 4.23. The topological polar surface area (TPSA) is 66.9 Å². The number of benzene rings is 1. The van der Waals surface area contributed by atoms with Gasteiger partial charge in [-0.15, -0.1) is 11.3 Å². The zero-order valence-electron chi connectivity index (χ0n) is 15.7. The molecule has 0 N–H and O–H groups in total. The predicted octanol–water partition coefficient (Wildman–Crippen LogP) is 3.66. The number of hydrogen-bond acceptors (Lipinski definition) is 7. The quantitative estimate of drug-likeness (QED) is 0.608. The molecule has 2 atom stereocenters. The highest BCUT2D eigenvalue weighted by atomic mass is 32.1. The Balaban J connectivity index is 1.37. The number of ether oxygens (including phenoxy) is 4. The Morgan fingerprint density at radius 3 is 2.89 bits per heavy atom. The SMILES string of the molecule is Cc1ccc(OCc2nc(COC(=O)C(C)OCC3CCCO3)cs2)cc1. The van der Waals surface area contributed by atoms with Crippen molar-refractivity contribution in [3.8, 4) is 5.75 Å². The Bertz CT molecular complexity index is 724. The van der Waals surface area contributed by atoms with Crippen LogP contribution in [-0.2, 0) is 32.2 Å². The van der Waals surface area contributed by atoms with Crippen molar-refractivity contribution in [2.24, 2.45) is 0 Å². The smallest absolute Gasteiger partial charge is 0.335 e. The van der Waals surface area contributed by atoms with Gasteiger partial charge in [-0.05, 0) is 38.8 Å². The van der Waals surface area contributed by atoms with E-state index in [1.54, 1.807) is 6.92 Å². The van der Waals surface area contributed by atoms with Crippen molar-refractivity contribution < 1.29 is 23.7 Å². The van der Waals surface area contributed by atoms with Gasteiger partial charge in [0.2, 0.25) is 0 Å². The van der Waals surface area contributed by atoms with E-state index in [2.05, 4.69) is 4.98 Å². The average Bonchev–Trinajstić information content (AvgIpc) is 3.35. The zero-order chi connectivity index (χ0) is 19.1. The summed E-state index contributed by atoms with van der Waals surface area (Å²) >= 11 is 1.48. The summed E-state index contributed by atoms with van der Waals surface area (Å²) in [4.78, 5) is 16.5. The summed E-state index contributed by atoms with van der Waals surface area (Å²) in [6, 6.07) is 7.88. The number of aryl methyl sites for hydroxylation is 1. The van der Waals surface area contributed by atoms with Crippen molar-refractivity contribution in [1.29, 1.82) is 0 Å². The maximum absolute atomic E-state index is 12.0. The fourth-order valence-electron chi connectivity index (χ4n) is 2.62. The molecule has 1 saturated heterocycles. The van der Waals surface area contributed by atoms with Gasteiger partial charge in [-0.25, -0.2) is 9.78 Å². The lowest BCUT2D eigenvalue weighted by atomic mass is 10.2. The first kappa shape index (κ1) is 19.8. The third kappa shape index (κ3) is 6.30. The number of carbonyl (C=O) groups excluding carboxylic acids is 1. The van der Waals surface area contributed by atoms with Gasteiger partial charge in [0.25, 0.3) is 0 Å². The molecule has 0 aliphatic carbocycles. The van der Waals surface area contributed by atoms with Gasteiger partial charge in [0.1, 0.15) is 24.0 Å². The van der Waals surface area contributed by atoms with Gasteiger partial charge in [-0.2, -0.15) is 0 Å².